The minimum Gasteiger partial charge on any atom is -0.244 e. The highest BCUT2D eigenvalue weighted by Gasteiger charge is 2.63. The maximum Gasteiger partial charge on any atom is 0.256 e. The first-order valence-electron chi connectivity index (χ1n) is 10.5. The summed E-state index contributed by atoms with van der Waals surface area (Å²) in [5.41, 5.74) is 0. The van der Waals surface area contributed by atoms with Crippen LogP contribution in [0.25, 0.3) is 0 Å². The molecule has 0 nitrogen and oxygen atoms in total. The molecule has 6 unspecified atom stereocenters. The van der Waals surface area contributed by atoms with E-state index in [0.717, 1.165) is 38.5 Å². The molecule has 0 aromatic rings. The molecule has 6 atom stereocenters. The summed E-state index contributed by atoms with van der Waals surface area (Å²) in [4.78, 5) is 0. The fraction of sp³-hybridized carbons (Fsp3) is 1.00. The standard InChI is InChI=1S/C21H36F4/c1-4-8-14(9-5-2)10-7-11-17-13-16-12-15(6-3)19(22)20(23)18(16)21(17,24)25/h14-20H,4-13H2,1-3H3. The maximum atomic E-state index is 14.8. The highest BCUT2D eigenvalue weighted by Crippen LogP contribution is 2.58. The van der Waals surface area contributed by atoms with Gasteiger partial charge in [-0.05, 0) is 37.0 Å². The lowest BCUT2D eigenvalue weighted by Crippen LogP contribution is -2.47. The summed E-state index contributed by atoms with van der Waals surface area (Å²) in [6.07, 6.45) is 4.48. The Bertz CT molecular complexity index is 391. The van der Waals surface area contributed by atoms with Gasteiger partial charge in [-0.1, -0.05) is 65.7 Å². The Labute approximate surface area is 151 Å². The van der Waals surface area contributed by atoms with Gasteiger partial charge in [0.25, 0.3) is 5.92 Å². The third kappa shape index (κ3) is 4.53. The molecule has 0 aromatic heterocycles. The van der Waals surface area contributed by atoms with Crippen LogP contribution in [0.4, 0.5) is 17.6 Å². The van der Waals surface area contributed by atoms with E-state index in [1.54, 1.807) is 0 Å². The third-order valence-corrected chi connectivity index (χ3v) is 6.87. The van der Waals surface area contributed by atoms with Gasteiger partial charge >= 0.3 is 0 Å². The van der Waals surface area contributed by atoms with E-state index in [4.69, 9.17) is 0 Å². The van der Waals surface area contributed by atoms with Crippen LogP contribution in [0.3, 0.4) is 0 Å². The first-order valence-corrected chi connectivity index (χ1v) is 10.5. The summed E-state index contributed by atoms with van der Waals surface area (Å²) in [5.74, 6) is -5.29. The predicted molar refractivity (Wildman–Crippen MR) is 95.4 cm³/mol. The van der Waals surface area contributed by atoms with Gasteiger partial charge in [0, 0.05) is 5.92 Å². The fourth-order valence-corrected chi connectivity index (χ4v) is 5.55. The normalized spacial score (nSPS) is 37.4. The second-order valence-electron chi connectivity index (χ2n) is 8.56. The van der Waals surface area contributed by atoms with E-state index in [0.29, 0.717) is 31.6 Å². The average Bonchev–Trinajstić information content (AvgIpc) is 2.81. The number of hydrogen-bond donors (Lipinski definition) is 0. The zero-order valence-electron chi connectivity index (χ0n) is 16.1. The van der Waals surface area contributed by atoms with E-state index < -0.39 is 30.1 Å². The van der Waals surface area contributed by atoms with Crippen molar-refractivity contribution in [3.63, 3.8) is 0 Å². The van der Waals surface area contributed by atoms with Crippen molar-refractivity contribution in [3.8, 4) is 0 Å². The van der Waals surface area contributed by atoms with Gasteiger partial charge in [0.15, 0.2) is 0 Å². The van der Waals surface area contributed by atoms with E-state index in [1.807, 2.05) is 6.92 Å². The Hall–Kier alpha value is -0.280. The lowest BCUT2D eigenvalue weighted by Gasteiger charge is -2.39. The van der Waals surface area contributed by atoms with E-state index in [2.05, 4.69) is 13.8 Å². The first-order chi connectivity index (χ1) is 11.9. The van der Waals surface area contributed by atoms with Crippen LogP contribution in [0.1, 0.15) is 85.0 Å². The minimum atomic E-state index is -3.04. The second kappa shape index (κ2) is 9.08. The summed E-state index contributed by atoms with van der Waals surface area (Å²) in [7, 11) is 0. The van der Waals surface area contributed by atoms with Crippen LogP contribution in [0.2, 0.25) is 0 Å². The van der Waals surface area contributed by atoms with Crippen molar-refractivity contribution < 1.29 is 17.6 Å². The molecule has 0 aliphatic heterocycles. The van der Waals surface area contributed by atoms with E-state index in [-0.39, 0.29) is 11.8 Å². The molecule has 0 aromatic carbocycles. The Morgan fingerprint density at radius 1 is 0.920 bits per heavy atom. The van der Waals surface area contributed by atoms with Crippen molar-refractivity contribution in [2.24, 2.45) is 29.6 Å². The van der Waals surface area contributed by atoms with Crippen LogP contribution in [-0.2, 0) is 0 Å². The number of fused-ring (bicyclic) bond motifs is 1. The van der Waals surface area contributed by atoms with Crippen molar-refractivity contribution in [2.75, 3.05) is 0 Å². The van der Waals surface area contributed by atoms with Crippen molar-refractivity contribution >= 4 is 0 Å². The van der Waals surface area contributed by atoms with E-state index >= 15 is 0 Å². The molecule has 0 spiro atoms. The van der Waals surface area contributed by atoms with E-state index in [9.17, 15) is 17.6 Å². The third-order valence-electron chi connectivity index (χ3n) is 6.87. The highest BCUT2D eigenvalue weighted by atomic mass is 19.3. The molecule has 25 heavy (non-hydrogen) atoms. The molecule has 148 valence electrons. The highest BCUT2D eigenvalue weighted by molar-refractivity contribution is 5.05. The minimum absolute atomic E-state index is 0.339. The molecule has 2 fully saturated rings. The molecule has 2 rings (SSSR count). The number of hydrogen-bond acceptors (Lipinski definition) is 0. The van der Waals surface area contributed by atoms with E-state index in [1.165, 1.54) is 0 Å². The summed E-state index contributed by atoms with van der Waals surface area (Å²) in [6.45, 7) is 6.16. The van der Waals surface area contributed by atoms with Crippen LogP contribution in [0.15, 0.2) is 0 Å². The molecule has 0 heterocycles. The van der Waals surface area contributed by atoms with Gasteiger partial charge in [0.05, 0.1) is 5.92 Å². The molecule has 2 aliphatic carbocycles. The number of rotatable bonds is 9. The van der Waals surface area contributed by atoms with Gasteiger partial charge in [-0.2, -0.15) is 0 Å². The Balaban J connectivity index is 1.94. The molecular weight excluding hydrogens is 328 g/mol. The Morgan fingerprint density at radius 2 is 1.56 bits per heavy atom. The zero-order valence-corrected chi connectivity index (χ0v) is 16.1. The van der Waals surface area contributed by atoms with Gasteiger partial charge in [0.2, 0.25) is 0 Å². The van der Waals surface area contributed by atoms with Crippen molar-refractivity contribution in [1.29, 1.82) is 0 Å². The summed E-state index contributed by atoms with van der Waals surface area (Å²) >= 11 is 0. The van der Waals surface area contributed by atoms with Gasteiger partial charge in [0.1, 0.15) is 12.3 Å². The topological polar surface area (TPSA) is 0 Å². The molecule has 0 N–H and O–H groups in total. The molecule has 4 heteroatoms. The molecular formula is C21H36F4. The zero-order chi connectivity index (χ0) is 18.6. The van der Waals surface area contributed by atoms with Gasteiger partial charge in [-0.3, -0.25) is 0 Å². The van der Waals surface area contributed by atoms with Gasteiger partial charge in [-0.15, -0.1) is 0 Å². The SMILES string of the molecule is CCCC(CCC)CCCC1CC2CC(CC)C(F)C(F)C2C1(F)F. The maximum absolute atomic E-state index is 14.8. The Kier molecular flexibility index (Phi) is 7.64. The van der Waals surface area contributed by atoms with Crippen molar-refractivity contribution in [1.82, 2.24) is 0 Å². The predicted octanol–water partition coefficient (Wildman–Crippen LogP) is 7.37. The fourth-order valence-electron chi connectivity index (χ4n) is 5.55. The number of halogens is 4. The summed E-state index contributed by atoms with van der Waals surface area (Å²) in [6, 6.07) is 0. The molecule has 2 saturated carbocycles. The average molecular weight is 365 g/mol. The molecule has 0 bridgehead atoms. The van der Waals surface area contributed by atoms with Crippen LogP contribution in [-0.4, -0.2) is 18.3 Å². The lowest BCUT2D eigenvalue weighted by atomic mass is 9.72. The molecule has 0 radical (unpaired) electrons. The van der Waals surface area contributed by atoms with Crippen LogP contribution >= 0.6 is 0 Å². The number of alkyl halides is 4. The van der Waals surface area contributed by atoms with Crippen LogP contribution in [0.5, 0.6) is 0 Å². The van der Waals surface area contributed by atoms with Crippen LogP contribution in [0, 0.1) is 29.6 Å². The van der Waals surface area contributed by atoms with Gasteiger partial charge < -0.3 is 0 Å². The smallest absolute Gasteiger partial charge is 0.244 e. The van der Waals surface area contributed by atoms with Crippen molar-refractivity contribution in [3.05, 3.63) is 0 Å². The molecule has 0 amide bonds. The quantitative estimate of drug-likeness (QED) is 0.375. The summed E-state index contributed by atoms with van der Waals surface area (Å²) < 4.78 is 58.2. The largest absolute Gasteiger partial charge is 0.256 e. The molecule has 0 saturated heterocycles. The van der Waals surface area contributed by atoms with Crippen molar-refractivity contribution in [2.45, 2.75) is 103 Å². The van der Waals surface area contributed by atoms with Gasteiger partial charge in [-0.25, -0.2) is 17.6 Å². The first kappa shape index (κ1) is 21.0. The van der Waals surface area contributed by atoms with Crippen LogP contribution < -0.4 is 0 Å². The summed E-state index contributed by atoms with van der Waals surface area (Å²) in [5, 5.41) is 0. The second-order valence-corrected chi connectivity index (χ2v) is 8.56. The molecule has 2 aliphatic rings. The monoisotopic (exact) mass is 364 g/mol. The Morgan fingerprint density at radius 3 is 2.12 bits per heavy atom. The lowest BCUT2D eigenvalue weighted by molar-refractivity contribution is -0.137.